The Morgan fingerprint density at radius 2 is 1.93 bits per heavy atom. The van der Waals surface area contributed by atoms with Gasteiger partial charge in [-0.3, -0.25) is 9.36 Å². The average Bonchev–Trinajstić information content (AvgIpc) is 3.07. The van der Waals surface area contributed by atoms with E-state index in [9.17, 15) is 14.0 Å². The molecule has 1 unspecified atom stereocenters. The quantitative estimate of drug-likeness (QED) is 0.573. The summed E-state index contributed by atoms with van der Waals surface area (Å²) < 4.78 is 15.7. The third kappa shape index (κ3) is 2.61. The van der Waals surface area contributed by atoms with Crippen LogP contribution in [-0.2, 0) is 11.2 Å². The predicted octanol–water partition coefficient (Wildman–Crippen LogP) is 1.85. The summed E-state index contributed by atoms with van der Waals surface area (Å²) in [6, 6.07) is 4.84. The van der Waals surface area contributed by atoms with Crippen molar-refractivity contribution in [2.24, 2.45) is 0 Å². The predicted molar refractivity (Wildman–Crippen MR) is 97.5 cm³/mol. The topological polar surface area (TPSA) is 115 Å². The highest BCUT2D eigenvalue weighted by atomic mass is 19.1. The molecule has 0 aliphatic heterocycles. The van der Waals surface area contributed by atoms with Crippen molar-refractivity contribution in [1.29, 1.82) is 0 Å². The van der Waals surface area contributed by atoms with Crippen molar-refractivity contribution in [2.75, 3.05) is 0 Å². The first-order chi connectivity index (χ1) is 13.4. The number of hydrogen-bond donors (Lipinski definition) is 1. The minimum Gasteiger partial charge on any atom is -0.480 e. The van der Waals surface area contributed by atoms with Gasteiger partial charge in [-0.15, -0.1) is 10.2 Å². The van der Waals surface area contributed by atoms with Gasteiger partial charge in [0.2, 0.25) is 0 Å². The second kappa shape index (κ2) is 6.48. The summed E-state index contributed by atoms with van der Waals surface area (Å²) in [4.78, 5) is 28.1. The maximum Gasteiger partial charge on any atom is 0.326 e. The molecule has 3 aromatic heterocycles. The second-order valence-corrected chi connectivity index (χ2v) is 6.26. The van der Waals surface area contributed by atoms with Gasteiger partial charge in [0.15, 0.2) is 16.8 Å². The van der Waals surface area contributed by atoms with E-state index in [1.165, 1.54) is 23.6 Å². The highest BCUT2D eigenvalue weighted by Crippen LogP contribution is 2.28. The van der Waals surface area contributed by atoms with Crippen LogP contribution in [0, 0.1) is 5.82 Å². The number of aliphatic carboxylic acids is 1. The van der Waals surface area contributed by atoms with Crippen LogP contribution in [0.4, 0.5) is 4.39 Å². The van der Waals surface area contributed by atoms with Crippen LogP contribution in [0.1, 0.15) is 25.6 Å². The average molecular weight is 382 g/mol. The maximum absolute atomic E-state index is 13.3. The van der Waals surface area contributed by atoms with E-state index in [1.807, 2.05) is 6.92 Å². The fourth-order valence-electron chi connectivity index (χ4n) is 3.04. The number of aryl methyl sites for hydroxylation is 1. The molecule has 0 amide bonds. The van der Waals surface area contributed by atoms with E-state index in [0.717, 1.165) is 16.5 Å². The van der Waals surface area contributed by atoms with Crippen molar-refractivity contribution in [3.63, 3.8) is 0 Å². The van der Waals surface area contributed by atoms with Crippen LogP contribution in [0.2, 0.25) is 0 Å². The largest absolute Gasteiger partial charge is 0.480 e. The lowest BCUT2D eigenvalue weighted by Gasteiger charge is -2.10. The molecule has 1 N–H and O–H groups in total. The lowest BCUT2D eigenvalue weighted by atomic mass is 10.0. The number of rotatable bonds is 4. The van der Waals surface area contributed by atoms with E-state index in [0.29, 0.717) is 23.3 Å². The van der Waals surface area contributed by atoms with Crippen molar-refractivity contribution in [1.82, 2.24) is 29.4 Å². The number of halogens is 1. The minimum atomic E-state index is -1.16. The van der Waals surface area contributed by atoms with Gasteiger partial charge in [0.1, 0.15) is 18.2 Å². The van der Waals surface area contributed by atoms with Gasteiger partial charge in [-0.2, -0.15) is 9.61 Å². The van der Waals surface area contributed by atoms with Gasteiger partial charge in [-0.25, -0.2) is 14.2 Å². The lowest BCUT2D eigenvalue weighted by molar-refractivity contribution is -0.140. The van der Waals surface area contributed by atoms with E-state index < -0.39 is 17.6 Å². The van der Waals surface area contributed by atoms with Crippen molar-refractivity contribution in [3.05, 3.63) is 52.5 Å². The second-order valence-electron chi connectivity index (χ2n) is 6.26. The highest BCUT2D eigenvalue weighted by molar-refractivity contribution is 5.83. The third-order valence-electron chi connectivity index (χ3n) is 4.57. The van der Waals surface area contributed by atoms with Crippen LogP contribution in [0.3, 0.4) is 0 Å². The molecule has 0 aliphatic carbocycles. The van der Waals surface area contributed by atoms with E-state index >= 15 is 0 Å². The SMILES string of the molecule is CCc1nn2c(nnc3c(=O)n(C(C)C(=O)O)cnc32)c1-c1ccc(F)cc1. The molecule has 0 saturated carbocycles. The van der Waals surface area contributed by atoms with Crippen LogP contribution in [0.5, 0.6) is 0 Å². The fourth-order valence-corrected chi connectivity index (χ4v) is 3.04. The molecular formula is C18H15FN6O3. The molecule has 28 heavy (non-hydrogen) atoms. The molecule has 4 rings (SSSR count). The summed E-state index contributed by atoms with van der Waals surface area (Å²) in [5, 5.41) is 21.8. The molecule has 1 atom stereocenters. The number of carboxylic acids is 1. The number of hydrogen-bond acceptors (Lipinski definition) is 6. The zero-order valence-electron chi connectivity index (χ0n) is 15.0. The first-order valence-electron chi connectivity index (χ1n) is 8.56. The van der Waals surface area contributed by atoms with Crippen LogP contribution >= 0.6 is 0 Å². The molecule has 0 saturated heterocycles. The molecule has 142 valence electrons. The molecular weight excluding hydrogens is 367 g/mol. The lowest BCUT2D eigenvalue weighted by Crippen LogP contribution is -2.29. The van der Waals surface area contributed by atoms with Crippen molar-refractivity contribution in [3.8, 4) is 11.1 Å². The van der Waals surface area contributed by atoms with Crippen LogP contribution < -0.4 is 5.56 Å². The van der Waals surface area contributed by atoms with E-state index in [2.05, 4.69) is 20.3 Å². The van der Waals surface area contributed by atoms with E-state index in [1.54, 1.807) is 12.1 Å². The Morgan fingerprint density at radius 3 is 2.57 bits per heavy atom. The zero-order valence-corrected chi connectivity index (χ0v) is 15.0. The van der Waals surface area contributed by atoms with Gasteiger partial charge in [-0.05, 0) is 31.0 Å². The molecule has 0 spiro atoms. The molecule has 0 bridgehead atoms. The molecule has 4 aromatic rings. The van der Waals surface area contributed by atoms with Gasteiger partial charge in [0, 0.05) is 0 Å². The number of fused-ring (bicyclic) bond motifs is 3. The zero-order chi connectivity index (χ0) is 20.0. The summed E-state index contributed by atoms with van der Waals surface area (Å²) in [6.07, 6.45) is 1.74. The minimum absolute atomic E-state index is 0.0843. The van der Waals surface area contributed by atoms with Crippen LogP contribution in [-0.4, -0.2) is 40.4 Å². The van der Waals surface area contributed by atoms with Crippen molar-refractivity contribution in [2.45, 2.75) is 26.3 Å². The van der Waals surface area contributed by atoms with E-state index in [4.69, 9.17) is 5.11 Å². The van der Waals surface area contributed by atoms with Crippen molar-refractivity contribution >= 4 is 22.8 Å². The summed E-state index contributed by atoms with van der Waals surface area (Å²) >= 11 is 0. The van der Waals surface area contributed by atoms with Gasteiger partial charge >= 0.3 is 5.97 Å². The van der Waals surface area contributed by atoms with Gasteiger partial charge < -0.3 is 5.11 Å². The summed E-state index contributed by atoms with van der Waals surface area (Å²) in [5.74, 6) is -1.52. The third-order valence-corrected chi connectivity index (χ3v) is 4.57. The Kier molecular flexibility index (Phi) is 4.10. The molecule has 0 fully saturated rings. The Morgan fingerprint density at radius 1 is 1.21 bits per heavy atom. The first kappa shape index (κ1) is 17.7. The smallest absolute Gasteiger partial charge is 0.326 e. The molecule has 9 nitrogen and oxygen atoms in total. The number of benzene rings is 1. The number of nitrogens with zero attached hydrogens (tertiary/aromatic N) is 6. The Labute approximate surface area is 157 Å². The molecule has 3 heterocycles. The van der Waals surface area contributed by atoms with E-state index in [-0.39, 0.29) is 17.0 Å². The highest BCUT2D eigenvalue weighted by Gasteiger charge is 2.22. The monoisotopic (exact) mass is 382 g/mol. The fraction of sp³-hybridized carbons (Fsp3) is 0.222. The molecule has 1 aromatic carbocycles. The Bertz CT molecular complexity index is 1280. The summed E-state index contributed by atoms with van der Waals surface area (Å²) in [7, 11) is 0. The number of carbonyl (C=O) groups is 1. The molecule has 0 radical (unpaired) electrons. The summed E-state index contributed by atoms with van der Waals surface area (Å²) in [6.45, 7) is 3.29. The maximum atomic E-state index is 13.3. The standard InChI is InChI=1S/C18H15FN6O3/c1-3-12-13(10-4-6-11(19)7-5-10)15-22-21-14-16(25(15)23-12)20-8-24(17(14)26)9(2)18(27)28/h4-9H,3H2,1-2H3,(H,27,28). The van der Waals surface area contributed by atoms with Crippen molar-refractivity contribution < 1.29 is 14.3 Å². The summed E-state index contributed by atoms with van der Waals surface area (Å²) in [5.41, 5.74) is 1.94. The van der Waals surface area contributed by atoms with Gasteiger partial charge in [-0.1, -0.05) is 19.1 Å². The molecule has 0 aliphatic rings. The first-order valence-corrected chi connectivity index (χ1v) is 8.56. The number of aromatic nitrogens is 6. The Balaban J connectivity index is 2.01. The normalized spacial score (nSPS) is 12.5. The van der Waals surface area contributed by atoms with Crippen LogP contribution in [0.25, 0.3) is 27.9 Å². The Hall–Kier alpha value is -3.69. The molecule has 10 heteroatoms. The van der Waals surface area contributed by atoms with Crippen LogP contribution in [0.15, 0.2) is 35.4 Å². The van der Waals surface area contributed by atoms with Gasteiger partial charge in [0.25, 0.3) is 5.56 Å². The number of carboxylic acid groups (broad SMARTS) is 1. The van der Waals surface area contributed by atoms with Gasteiger partial charge in [0.05, 0.1) is 11.3 Å².